The molecule has 2 aromatic rings. The summed E-state index contributed by atoms with van der Waals surface area (Å²) in [6.45, 7) is 5.48. The first kappa shape index (κ1) is 14.0. The molecule has 4 rings (SSSR count). The van der Waals surface area contributed by atoms with Crippen molar-refractivity contribution in [2.24, 2.45) is 0 Å². The monoisotopic (exact) mass is 296 g/mol. The fourth-order valence-electron chi connectivity index (χ4n) is 3.86. The number of para-hydroxylation sites is 1. The SMILES string of the molecule is Cc1ccccc1-n1nccc1CN1CCC2CCC(C1)N2. The molecule has 2 atom stereocenters. The fourth-order valence-corrected chi connectivity index (χ4v) is 3.86. The van der Waals surface area contributed by atoms with Gasteiger partial charge in [0.05, 0.1) is 11.4 Å². The molecule has 0 radical (unpaired) electrons. The lowest BCUT2D eigenvalue weighted by atomic mass is 10.1. The first-order valence-corrected chi connectivity index (χ1v) is 8.37. The predicted octanol–water partition coefficient (Wildman–Crippen LogP) is 2.51. The molecule has 2 bridgehead atoms. The second kappa shape index (κ2) is 5.86. The van der Waals surface area contributed by atoms with E-state index in [1.54, 1.807) is 0 Å². The Morgan fingerprint density at radius 1 is 1.14 bits per heavy atom. The smallest absolute Gasteiger partial charge is 0.0678 e. The van der Waals surface area contributed by atoms with Gasteiger partial charge >= 0.3 is 0 Å². The summed E-state index contributed by atoms with van der Waals surface area (Å²) in [6, 6.07) is 12.1. The first-order chi connectivity index (χ1) is 10.8. The molecule has 116 valence electrons. The lowest BCUT2D eigenvalue weighted by molar-refractivity contribution is 0.246. The normalized spacial score (nSPS) is 25.3. The highest BCUT2D eigenvalue weighted by Crippen LogP contribution is 2.22. The van der Waals surface area contributed by atoms with Crippen molar-refractivity contribution in [2.75, 3.05) is 13.1 Å². The zero-order valence-electron chi connectivity index (χ0n) is 13.2. The molecule has 0 aliphatic carbocycles. The second-order valence-corrected chi connectivity index (χ2v) is 6.68. The van der Waals surface area contributed by atoms with Gasteiger partial charge in [0.25, 0.3) is 0 Å². The largest absolute Gasteiger partial charge is 0.310 e. The third-order valence-corrected chi connectivity index (χ3v) is 5.06. The fraction of sp³-hybridized carbons (Fsp3) is 0.500. The summed E-state index contributed by atoms with van der Waals surface area (Å²) < 4.78 is 2.10. The molecule has 2 fully saturated rings. The van der Waals surface area contributed by atoms with Gasteiger partial charge in [-0.1, -0.05) is 18.2 Å². The highest BCUT2D eigenvalue weighted by Gasteiger charge is 2.29. The Bertz CT molecular complexity index is 648. The summed E-state index contributed by atoms with van der Waals surface area (Å²) in [7, 11) is 0. The number of hydrogen-bond acceptors (Lipinski definition) is 3. The molecule has 2 unspecified atom stereocenters. The van der Waals surface area contributed by atoms with Crippen molar-refractivity contribution >= 4 is 0 Å². The van der Waals surface area contributed by atoms with Crippen LogP contribution in [0.15, 0.2) is 36.5 Å². The first-order valence-electron chi connectivity index (χ1n) is 8.37. The van der Waals surface area contributed by atoms with Gasteiger partial charge < -0.3 is 5.32 Å². The van der Waals surface area contributed by atoms with Crippen molar-refractivity contribution in [1.82, 2.24) is 20.0 Å². The van der Waals surface area contributed by atoms with Crippen LogP contribution < -0.4 is 5.32 Å². The minimum absolute atomic E-state index is 0.683. The van der Waals surface area contributed by atoms with Gasteiger partial charge in [0.2, 0.25) is 0 Å². The molecule has 1 N–H and O–H groups in total. The van der Waals surface area contributed by atoms with E-state index in [0.29, 0.717) is 6.04 Å². The molecular weight excluding hydrogens is 272 g/mol. The lowest BCUT2D eigenvalue weighted by Gasteiger charge is -2.24. The molecule has 0 spiro atoms. The molecule has 3 heterocycles. The van der Waals surface area contributed by atoms with Crippen molar-refractivity contribution < 1.29 is 0 Å². The van der Waals surface area contributed by atoms with Crippen molar-refractivity contribution in [1.29, 1.82) is 0 Å². The van der Waals surface area contributed by atoms with Crippen molar-refractivity contribution in [3.05, 3.63) is 47.8 Å². The molecule has 4 nitrogen and oxygen atoms in total. The minimum atomic E-state index is 0.683. The number of aromatic nitrogens is 2. The minimum Gasteiger partial charge on any atom is -0.310 e. The molecule has 2 aliphatic rings. The van der Waals surface area contributed by atoms with Gasteiger partial charge in [-0.3, -0.25) is 4.90 Å². The van der Waals surface area contributed by atoms with Crippen molar-refractivity contribution in [2.45, 2.75) is 44.8 Å². The molecule has 1 aromatic heterocycles. The van der Waals surface area contributed by atoms with Crippen LogP contribution >= 0.6 is 0 Å². The maximum atomic E-state index is 4.56. The molecule has 0 saturated carbocycles. The van der Waals surface area contributed by atoms with E-state index in [-0.39, 0.29) is 0 Å². The summed E-state index contributed by atoms with van der Waals surface area (Å²) in [5.41, 5.74) is 3.74. The standard InChI is InChI=1S/C18H24N4/c1-14-4-2-3-5-18(14)22-17(8-10-19-22)13-21-11-9-15-6-7-16(12-21)20-15/h2-5,8,10,15-16,20H,6-7,9,11-13H2,1H3. The molecule has 0 amide bonds. The Morgan fingerprint density at radius 3 is 2.91 bits per heavy atom. The molecule has 4 heteroatoms. The van der Waals surface area contributed by atoms with E-state index in [1.807, 2.05) is 6.20 Å². The van der Waals surface area contributed by atoms with Gasteiger partial charge in [-0.25, -0.2) is 4.68 Å². The van der Waals surface area contributed by atoms with Gasteiger partial charge in [-0.15, -0.1) is 0 Å². The van der Waals surface area contributed by atoms with Crippen LogP contribution in [0.5, 0.6) is 0 Å². The summed E-state index contributed by atoms with van der Waals surface area (Å²) in [6.07, 6.45) is 5.89. The zero-order valence-corrected chi connectivity index (χ0v) is 13.2. The van der Waals surface area contributed by atoms with Crippen molar-refractivity contribution in [3.8, 4) is 5.69 Å². The number of benzene rings is 1. The third-order valence-electron chi connectivity index (χ3n) is 5.06. The Labute approximate surface area is 132 Å². The Kier molecular flexibility index (Phi) is 3.72. The maximum Gasteiger partial charge on any atom is 0.0678 e. The number of nitrogens with one attached hydrogen (secondary N) is 1. The Hall–Kier alpha value is -1.65. The van der Waals surface area contributed by atoms with E-state index in [2.05, 4.69) is 57.3 Å². The van der Waals surface area contributed by atoms with E-state index >= 15 is 0 Å². The highest BCUT2D eigenvalue weighted by atomic mass is 15.3. The molecule has 1 aromatic carbocycles. The second-order valence-electron chi connectivity index (χ2n) is 6.68. The van der Waals surface area contributed by atoms with Gasteiger partial charge in [0.1, 0.15) is 0 Å². The summed E-state index contributed by atoms with van der Waals surface area (Å²) in [4.78, 5) is 2.59. The highest BCUT2D eigenvalue weighted by molar-refractivity contribution is 5.40. The van der Waals surface area contributed by atoms with E-state index < -0.39 is 0 Å². The maximum absolute atomic E-state index is 4.56. The van der Waals surface area contributed by atoms with E-state index in [9.17, 15) is 0 Å². The number of nitrogens with zero attached hydrogens (tertiary/aromatic N) is 3. The topological polar surface area (TPSA) is 33.1 Å². The number of fused-ring (bicyclic) bond motifs is 2. The Balaban J connectivity index is 1.54. The Morgan fingerprint density at radius 2 is 2.00 bits per heavy atom. The van der Waals surface area contributed by atoms with Gasteiger partial charge in [-0.2, -0.15) is 5.10 Å². The lowest BCUT2D eigenvalue weighted by Crippen LogP contribution is -2.35. The summed E-state index contributed by atoms with van der Waals surface area (Å²) >= 11 is 0. The van der Waals surface area contributed by atoms with Crippen molar-refractivity contribution in [3.63, 3.8) is 0 Å². The predicted molar refractivity (Wildman–Crippen MR) is 88.1 cm³/mol. The average Bonchev–Trinajstić information content (AvgIpc) is 3.09. The van der Waals surface area contributed by atoms with Crippen LogP contribution in [0.25, 0.3) is 5.69 Å². The van der Waals surface area contributed by atoms with Crippen LogP contribution in [-0.4, -0.2) is 39.9 Å². The van der Waals surface area contributed by atoms with Gasteiger partial charge in [0.15, 0.2) is 0 Å². The van der Waals surface area contributed by atoms with Gasteiger partial charge in [-0.05, 0) is 43.9 Å². The summed E-state index contributed by atoms with van der Waals surface area (Å²) in [5.74, 6) is 0. The quantitative estimate of drug-likeness (QED) is 0.945. The van der Waals surface area contributed by atoms with Gasteiger partial charge in [0, 0.05) is 37.9 Å². The zero-order chi connectivity index (χ0) is 14.9. The van der Waals surface area contributed by atoms with E-state index in [4.69, 9.17) is 0 Å². The molecule has 2 saturated heterocycles. The number of rotatable bonds is 3. The third kappa shape index (κ3) is 2.69. The van der Waals surface area contributed by atoms with Crippen LogP contribution in [0.1, 0.15) is 30.5 Å². The molecular formula is C18H24N4. The number of likely N-dealkylation sites (tertiary alicyclic amines) is 1. The van der Waals surface area contributed by atoms with Crippen LogP contribution in [-0.2, 0) is 6.54 Å². The average molecular weight is 296 g/mol. The number of aryl methyl sites for hydroxylation is 1. The molecule has 2 aliphatic heterocycles. The van der Waals surface area contributed by atoms with Crippen LogP contribution in [0.4, 0.5) is 0 Å². The summed E-state index contributed by atoms with van der Waals surface area (Å²) in [5, 5.41) is 8.31. The number of hydrogen-bond donors (Lipinski definition) is 1. The van der Waals surface area contributed by atoms with Crippen LogP contribution in [0, 0.1) is 6.92 Å². The van der Waals surface area contributed by atoms with Crippen LogP contribution in [0.2, 0.25) is 0 Å². The molecule has 22 heavy (non-hydrogen) atoms. The van der Waals surface area contributed by atoms with E-state index in [0.717, 1.165) is 19.1 Å². The van der Waals surface area contributed by atoms with E-state index in [1.165, 1.54) is 42.8 Å². The van der Waals surface area contributed by atoms with Crippen LogP contribution in [0.3, 0.4) is 0 Å².